The van der Waals surface area contributed by atoms with Gasteiger partial charge >= 0.3 is 5.97 Å². The van der Waals surface area contributed by atoms with Gasteiger partial charge in [-0.2, -0.15) is 0 Å². The number of carboxylic acids is 1. The Morgan fingerprint density at radius 2 is 1.88 bits per heavy atom. The molecule has 1 aliphatic heterocycles. The van der Waals surface area contributed by atoms with Gasteiger partial charge < -0.3 is 42.5 Å². The van der Waals surface area contributed by atoms with Crippen LogP contribution in [0.15, 0.2) is 48.5 Å². The maximum atomic E-state index is 9.71. The Kier molecular flexibility index (Phi) is 14.3. The summed E-state index contributed by atoms with van der Waals surface area (Å²) in [5.41, 5.74) is 13.9. The first kappa shape index (κ1) is 28.2. The lowest BCUT2D eigenvalue weighted by molar-refractivity contribution is -0.142. The summed E-state index contributed by atoms with van der Waals surface area (Å²) < 4.78 is 4.52. The van der Waals surface area contributed by atoms with E-state index in [9.17, 15) is 9.90 Å². The summed E-state index contributed by atoms with van der Waals surface area (Å²) in [5.74, 6) is -0.674. The molecule has 33 heavy (non-hydrogen) atoms. The molecular formula is C24H37N5O4. The van der Waals surface area contributed by atoms with Crippen LogP contribution in [0, 0.1) is 5.41 Å². The highest BCUT2D eigenvalue weighted by Gasteiger charge is 2.03. The molecule has 0 spiro atoms. The molecular weight excluding hydrogens is 422 g/mol. The molecule has 1 atom stereocenters. The van der Waals surface area contributed by atoms with Crippen LogP contribution in [0.5, 0.6) is 5.75 Å². The summed E-state index contributed by atoms with van der Waals surface area (Å²) in [5, 5.41) is 31.6. The van der Waals surface area contributed by atoms with Gasteiger partial charge in [-0.3, -0.25) is 0 Å². The standard InChI is InChI=1S/C15H16N2O.C5H12N2.C4H9NO3/c16-10-15(17)13-6-4-11(5-7-13)8-12-2-1-3-14(18)9-12;1-5-4-6-2-3-7-5;5-1-2-8-3-4(6)7/h1-7,9,17-18H,8,10,16H2;5-7H,2-4H2,1H3;1-3,5H2,(H,6,7). The predicted octanol–water partition coefficient (Wildman–Crippen LogP) is 0.924. The van der Waals surface area contributed by atoms with Crippen LogP contribution >= 0.6 is 0 Å². The summed E-state index contributed by atoms with van der Waals surface area (Å²) in [6, 6.07) is 15.7. The summed E-state index contributed by atoms with van der Waals surface area (Å²) in [6.45, 7) is 6.25. The Labute approximate surface area is 195 Å². The van der Waals surface area contributed by atoms with E-state index in [1.165, 1.54) is 0 Å². The Balaban J connectivity index is 0.000000300. The maximum absolute atomic E-state index is 9.71. The van der Waals surface area contributed by atoms with Gasteiger partial charge in [-0.1, -0.05) is 36.4 Å². The van der Waals surface area contributed by atoms with Crippen molar-refractivity contribution in [2.75, 3.05) is 45.9 Å². The lowest BCUT2D eigenvalue weighted by Gasteiger charge is -2.19. The smallest absolute Gasteiger partial charge is 0.329 e. The van der Waals surface area contributed by atoms with Crippen molar-refractivity contribution in [2.24, 2.45) is 11.5 Å². The van der Waals surface area contributed by atoms with Crippen LogP contribution in [0.3, 0.4) is 0 Å². The van der Waals surface area contributed by atoms with Gasteiger partial charge in [-0.05, 0) is 42.2 Å². The number of carbonyl (C=O) groups is 1. The second kappa shape index (κ2) is 16.8. The molecule has 2 aromatic rings. The Morgan fingerprint density at radius 3 is 2.36 bits per heavy atom. The molecule has 1 fully saturated rings. The number of nitrogens with two attached hydrogens (primary N) is 2. The number of hydrogen-bond donors (Lipinski definition) is 7. The molecule has 0 amide bonds. The molecule has 2 aromatic carbocycles. The molecule has 9 N–H and O–H groups in total. The largest absolute Gasteiger partial charge is 0.508 e. The summed E-state index contributed by atoms with van der Waals surface area (Å²) in [7, 11) is 0. The van der Waals surface area contributed by atoms with E-state index in [-0.39, 0.29) is 18.9 Å². The lowest BCUT2D eigenvalue weighted by atomic mass is 10.0. The first-order valence-corrected chi connectivity index (χ1v) is 10.9. The van der Waals surface area contributed by atoms with Crippen LogP contribution in [0.4, 0.5) is 0 Å². The van der Waals surface area contributed by atoms with Gasteiger partial charge in [0.25, 0.3) is 0 Å². The summed E-state index contributed by atoms with van der Waals surface area (Å²) in [4.78, 5) is 9.71. The topological polar surface area (TPSA) is 167 Å². The van der Waals surface area contributed by atoms with Gasteiger partial charge in [0.1, 0.15) is 12.4 Å². The number of benzene rings is 2. The fourth-order valence-corrected chi connectivity index (χ4v) is 2.88. The van der Waals surface area contributed by atoms with Gasteiger partial charge in [0.2, 0.25) is 0 Å². The fourth-order valence-electron chi connectivity index (χ4n) is 2.88. The van der Waals surface area contributed by atoms with E-state index in [0.29, 0.717) is 24.9 Å². The van der Waals surface area contributed by atoms with Crippen LogP contribution in [-0.2, 0) is 16.0 Å². The number of carboxylic acid groups (broad SMARTS) is 1. The van der Waals surface area contributed by atoms with Gasteiger partial charge in [0.15, 0.2) is 0 Å². The lowest BCUT2D eigenvalue weighted by Crippen LogP contribution is -2.46. The summed E-state index contributed by atoms with van der Waals surface area (Å²) >= 11 is 0. The summed E-state index contributed by atoms with van der Waals surface area (Å²) in [6.07, 6.45) is 0.768. The number of ether oxygens (including phenoxy) is 1. The molecule has 0 saturated carbocycles. The Hall–Kier alpha value is -2.82. The molecule has 182 valence electrons. The van der Waals surface area contributed by atoms with E-state index in [1.807, 2.05) is 36.4 Å². The number of hydrogen-bond acceptors (Lipinski definition) is 8. The van der Waals surface area contributed by atoms with Gasteiger partial charge in [-0.15, -0.1) is 0 Å². The zero-order valence-electron chi connectivity index (χ0n) is 19.2. The van der Waals surface area contributed by atoms with Crippen molar-refractivity contribution in [3.05, 3.63) is 65.2 Å². The van der Waals surface area contributed by atoms with Crippen molar-refractivity contribution in [3.8, 4) is 5.75 Å². The van der Waals surface area contributed by atoms with Crippen molar-refractivity contribution >= 4 is 11.7 Å². The first-order valence-electron chi connectivity index (χ1n) is 10.9. The van der Waals surface area contributed by atoms with Crippen LogP contribution < -0.4 is 22.1 Å². The highest BCUT2D eigenvalue weighted by Crippen LogP contribution is 2.15. The second-order valence-electron chi connectivity index (χ2n) is 7.52. The van der Waals surface area contributed by atoms with Crippen molar-refractivity contribution in [3.63, 3.8) is 0 Å². The molecule has 1 heterocycles. The SMILES string of the molecule is CC1CNCCN1.N=C(CN)c1ccc(Cc2cccc(O)c2)cc1.NCCOCC(=O)O. The molecule has 9 heteroatoms. The first-order chi connectivity index (χ1) is 15.8. The third-order valence-corrected chi connectivity index (χ3v) is 4.56. The van der Waals surface area contributed by atoms with E-state index >= 15 is 0 Å². The van der Waals surface area contributed by atoms with Gasteiger partial charge in [0.05, 0.1) is 12.3 Å². The van der Waals surface area contributed by atoms with Crippen molar-refractivity contribution in [1.29, 1.82) is 5.41 Å². The van der Waals surface area contributed by atoms with Crippen molar-refractivity contribution in [1.82, 2.24) is 10.6 Å². The number of rotatable bonds is 8. The highest BCUT2D eigenvalue weighted by molar-refractivity contribution is 5.99. The number of phenolic OH excluding ortho intramolecular Hbond substituents is 1. The van der Waals surface area contributed by atoms with Gasteiger partial charge in [-0.25, -0.2) is 4.79 Å². The monoisotopic (exact) mass is 459 g/mol. The predicted molar refractivity (Wildman–Crippen MR) is 131 cm³/mol. The van der Waals surface area contributed by atoms with E-state index in [1.54, 1.807) is 12.1 Å². The van der Waals surface area contributed by atoms with Crippen molar-refractivity contribution in [2.45, 2.75) is 19.4 Å². The molecule has 0 bridgehead atoms. The number of phenols is 1. The number of nitrogens with one attached hydrogen (secondary N) is 3. The normalized spacial score (nSPS) is 14.8. The minimum absolute atomic E-state index is 0.253. The molecule has 1 aliphatic rings. The van der Waals surface area contributed by atoms with Crippen LogP contribution in [0.1, 0.15) is 23.6 Å². The number of aromatic hydroxyl groups is 1. The van der Waals surface area contributed by atoms with Gasteiger partial charge in [0, 0.05) is 38.8 Å². The minimum Gasteiger partial charge on any atom is -0.508 e. The highest BCUT2D eigenvalue weighted by atomic mass is 16.5. The van der Waals surface area contributed by atoms with Crippen molar-refractivity contribution < 1.29 is 19.7 Å². The Morgan fingerprint density at radius 1 is 1.15 bits per heavy atom. The number of aliphatic carboxylic acids is 1. The van der Waals surface area contributed by atoms with E-state index in [4.69, 9.17) is 22.0 Å². The molecule has 9 nitrogen and oxygen atoms in total. The van der Waals surface area contributed by atoms with Crippen LogP contribution in [0.25, 0.3) is 0 Å². The van der Waals surface area contributed by atoms with E-state index < -0.39 is 5.97 Å². The molecule has 0 radical (unpaired) electrons. The van der Waals surface area contributed by atoms with E-state index in [0.717, 1.165) is 42.7 Å². The van der Waals surface area contributed by atoms with Crippen LogP contribution in [-0.4, -0.2) is 73.9 Å². The average Bonchev–Trinajstić information content (AvgIpc) is 2.80. The zero-order valence-corrected chi connectivity index (χ0v) is 19.2. The fraction of sp³-hybridized carbons (Fsp3) is 0.417. The quantitative estimate of drug-likeness (QED) is 0.226. The third kappa shape index (κ3) is 13.4. The zero-order chi connectivity index (χ0) is 24.5. The second-order valence-corrected chi connectivity index (χ2v) is 7.52. The minimum atomic E-state index is -0.960. The van der Waals surface area contributed by atoms with Crippen LogP contribution in [0.2, 0.25) is 0 Å². The molecule has 1 unspecified atom stereocenters. The maximum Gasteiger partial charge on any atom is 0.329 e. The number of piperazine rings is 1. The van der Waals surface area contributed by atoms with E-state index in [2.05, 4.69) is 22.3 Å². The molecule has 1 saturated heterocycles. The molecule has 3 rings (SSSR count). The molecule has 0 aliphatic carbocycles. The average molecular weight is 460 g/mol. The third-order valence-electron chi connectivity index (χ3n) is 4.56. The Bertz CT molecular complexity index is 824. The molecule has 0 aromatic heterocycles.